The quantitative estimate of drug-likeness (QED) is 0.586. The molecule has 3 rings (SSSR count). The Kier molecular flexibility index (Phi) is 4.76. The van der Waals surface area contributed by atoms with Gasteiger partial charge in [0.1, 0.15) is 35.4 Å². The Bertz CT molecular complexity index is 951. The summed E-state index contributed by atoms with van der Waals surface area (Å²) in [4.78, 5) is 12.6. The van der Waals surface area contributed by atoms with Crippen molar-refractivity contribution >= 4 is 15.8 Å². The number of aryl methyl sites for hydroxylation is 1. The first-order chi connectivity index (χ1) is 12.0. The zero-order valence-electron chi connectivity index (χ0n) is 13.7. The summed E-state index contributed by atoms with van der Waals surface area (Å²) in [5.74, 6) is 1.26. The number of imidazole rings is 1. The van der Waals surface area contributed by atoms with Crippen molar-refractivity contribution in [3.05, 3.63) is 42.6 Å². The standard InChI is InChI=1S/C14H17N7O3S/c1-10-11(2)21(9-18-10)14-5-13(16-8-17-14)15-3-4-20-25(22,23)12-6-19-24-7-12/h5-9,20H,3-4H2,1-2H3,(H,15,16,17). The molecule has 11 heteroatoms. The summed E-state index contributed by atoms with van der Waals surface area (Å²) in [6, 6.07) is 1.77. The minimum Gasteiger partial charge on any atom is -0.369 e. The number of nitrogens with one attached hydrogen (secondary N) is 2. The summed E-state index contributed by atoms with van der Waals surface area (Å²) in [6.45, 7) is 4.41. The second-order valence-electron chi connectivity index (χ2n) is 5.23. The fourth-order valence-corrected chi connectivity index (χ4v) is 2.98. The summed E-state index contributed by atoms with van der Waals surface area (Å²) >= 11 is 0. The van der Waals surface area contributed by atoms with E-state index in [2.05, 4.69) is 34.7 Å². The van der Waals surface area contributed by atoms with Crippen LogP contribution in [0.3, 0.4) is 0 Å². The van der Waals surface area contributed by atoms with E-state index >= 15 is 0 Å². The van der Waals surface area contributed by atoms with Gasteiger partial charge in [-0.05, 0) is 13.8 Å². The maximum Gasteiger partial charge on any atom is 0.245 e. The molecule has 2 N–H and O–H groups in total. The smallest absolute Gasteiger partial charge is 0.245 e. The Morgan fingerprint density at radius 2 is 2.04 bits per heavy atom. The van der Waals surface area contributed by atoms with Gasteiger partial charge in [-0.2, -0.15) is 0 Å². The molecule has 0 fully saturated rings. The van der Waals surface area contributed by atoms with Crippen molar-refractivity contribution in [2.24, 2.45) is 0 Å². The molecule has 0 aliphatic rings. The SMILES string of the molecule is Cc1ncn(-c2cc(NCCNS(=O)(=O)c3cnoc3)ncn2)c1C. The molecule has 3 aromatic heterocycles. The van der Waals surface area contributed by atoms with Gasteiger partial charge in [0.15, 0.2) is 0 Å². The number of nitrogens with zero attached hydrogens (tertiary/aromatic N) is 5. The minimum atomic E-state index is -3.62. The third-order valence-corrected chi connectivity index (χ3v) is 5.00. The summed E-state index contributed by atoms with van der Waals surface area (Å²) in [5, 5.41) is 6.43. The monoisotopic (exact) mass is 363 g/mol. The van der Waals surface area contributed by atoms with Gasteiger partial charge in [-0.25, -0.2) is 28.1 Å². The molecule has 0 unspecified atom stereocenters. The highest BCUT2D eigenvalue weighted by Crippen LogP contribution is 2.13. The van der Waals surface area contributed by atoms with Crippen LogP contribution in [0.25, 0.3) is 5.82 Å². The third kappa shape index (κ3) is 3.83. The van der Waals surface area contributed by atoms with E-state index in [0.717, 1.165) is 23.8 Å². The molecule has 0 aromatic carbocycles. The Balaban J connectivity index is 1.59. The van der Waals surface area contributed by atoms with Crippen molar-refractivity contribution in [1.29, 1.82) is 0 Å². The van der Waals surface area contributed by atoms with Gasteiger partial charge in [0, 0.05) is 24.8 Å². The fourth-order valence-electron chi connectivity index (χ4n) is 2.09. The van der Waals surface area contributed by atoms with Crippen LogP contribution in [0, 0.1) is 13.8 Å². The van der Waals surface area contributed by atoms with Crippen molar-refractivity contribution in [3.8, 4) is 5.82 Å². The molecular weight excluding hydrogens is 346 g/mol. The average Bonchev–Trinajstić information content (AvgIpc) is 3.24. The van der Waals surface area contributed by atoms with Crippen LogP contribution in [0.4, 0.5) is 5.82 Å². The van der Waals surface area contributed by atoms with Crippen molar-refractivity contribution < 1.29 is 12.9 Å². The van der Waals surface area contributed by atoms with Crippen molar-refractivity contribution in [1.82, 2.24) is 29.4 Å². The van der Waals surface area contributed by atoms with E-state index < -0.39 is 10.0 Å². The minimum absolute atomic E-state index is 0.0113. The largest absolute Gasteiger partial charge is 0.369 e. The number of hydrogen-bond donors (Lipinski definition) is 2. The first kappa shape index (κ1) is 17.0. The Hall–Kier alpha value is -2.79. The fraction of sp³-hybridized carbons (Fsp3) is 0.286. The second-order valence-corrected chi connectivity index (χ2v) is 7.00. The van der Waals surface area contributed by atoms with Gasteiger partial charge in [-0.1, -0.05) is 5.16 Å². The summed E-state index contributed by atoms with van der Waals surface area (Å²) < 4.78 is 32.7. The summed E-state index contributed by atoms with van der Waals surface area (Å²) in [5.41, 5.74) is 1.92. The van der Waals surface area contributed by atoms with Gasteiger partial charge < -0.3 is 9.84 Å². The molecule has 0 atom stereocenters. The highest BCUT2D eigenvalue weighted by Gasteiger charge is 2.15. The van der Waals surface area contributed by atoms with Gasteiger partial charge >= 0.3 is 0 Å². The second kappa shape index (κ2) is 6.99. The maximum absolute atomic E-state index is 11.9. The number of sulfonamides is 1. The van der Waals surface area contributed by atoms with Crippen molar-refractivity contribution in [2.75, 3.05) is 18.4 Å². The van der Waals surface area contributed by atoms with Gasteiger partial charge in [-0.3, -0.25) is 4.57 Å². The predicted octanol–water partition coefficient (Wildman–Crippen LogP) is 0.658. The van der Waals surface area contributed by atoms with E-state index in [-0.39, 0.29) is 11.4 Å². The molecule has 0 aliphatic carbocycles. The number of anilines is 1. The van der Waals surface area contributed by atoms with Crippen LogP contribution >= 0.6 is 0 Å². The zero-order valence-corrected chi connectivity index (χ0v) is 14.5. The van der Waals surface area contributed by atoms with E-state index in [1.807, 2.05) is 18.4 Å². The van der Waals surface area contributed by atoms with Crippen LogP contribution < -0.4 is 10.0 Å². The van der Waals surface area contributed by atoms with E-state index in [9.17, 15) is 8.42 Å². The molecule has 0 saturated heterocycles. The lowest BCUT2D eigenvalue weighted by atomic mass is 10.4. The lowest BCUT2D eigenvalue weighted by molar-refractivity contribution is 0.417. The number of hydrogen-bond acceptors (Lipinski definition) is 8. The lowest BCUT2D eigenvalue weighted by Crippen LogP contribution is -2.28. The Labute approximate surface area is 144 Å². The Morgan fingerprint density at radius 1 is 1.20 bits per heavy atom. The first-order valence-corrected chi connectivity index (χ1v) is 8.91. The molecule has 25 heavy (non-hydrogen) atoms. The third-order valence-electron chi connectivity index (χ3n) is 3.59. The Morgan fingerprint density at radius 3 is 2.72 bits per heavy atom. The van der Waals surface area contributed by atoms with E-state index in [1.165, 1.54) is 6.33 Å². The van der Waals surface area contributed by atoms with Gasteiger partial charge in [0.25, 0.3) is 0 Å². The van der Waals surface area contributed by atoms with Crippen LogP contribution in [0.15, 0.2) is 40.6 Å². The van der Waals surface area contributed by atoms with Crippen LogP contribution in [-0.4, -0.2) is 46.2 Å². The molecule has 3 aromatic rings. The molecule has 0 saturated carbocycles. The number of rotatable bonds is 7. The number of aromatic nitrogens is 5. The average molecular weight is 363 g/mol. The topological polar surface area (TPSA) is 128 Å². The van der Waals surface area contributed by atoms with E-state index in [1.54, 1.807) is 12.4 Å². The molecule has 0 bridgehead atoms. The molecule has 0 spiro atoms. The van der Waals surface area contributed by atoms with Gasteiger partial charge in [0.2, 0.25) is 10.0 Å². The van der Waals surface area contributed by atoms with E-state index in [0.29, 0.717) is 18.2 Å². The van der Waals surface area contributed by atoms with Crippen LogP contribution in [0.1, 0.15) is 11.4 Å². The lowest BCUT2D eigenvalue weighted by Gasteiger charge is -2.09. The van der Waals surface area contributed by atoms with Crippen LogP contribution in [0.2, 0.25) is 0 Å². The predicted molar refractivity (Wildman–Crippen MR) is 88.8 cm³/mol. The molecule has 3 heterocycles. The molecule has 0 aliphatic heterocycles. The molecule has 0 amide bonds. The van der Waals surface area contributed by atoms with Crippen LogP contribution in [-0.2, 0) is 10.0 Å². The first-order valence-electron chi connectivity index (χ1n) is 7.43. The van der Waals surface area contributed by atoms with Gasteiger partial charge in [-0.15, -0.1) is 0 Å². The normalized spacial score (nSPS) is 11.6. The molecule has 10 nitrogen and oxygen atoms in total. The maximum atomic E-state index is 11.9. The van der Waals surface area contributed by atoms with E-state index in [4.69, 9.17) is 0 Å². The van der Waals surface area contributed by atoms with Crippen LogP contribution in [0.5, 0.6) is 0 Å². The summed E-state index contributed by atoms with van der Waals surface area (Å²) in [7, 11) is -3.62. The van der Waals surface area contributed by atoms with Gasteiger partial charge in [0.05, 0.1) is 11.9 Å². The zero-order chi connectivity index (χ0) is 17.9. The molecule has 132 valence electrons. The highest BCUT2D eigenvalue weighted by atomic mass is 32.2. The molecule has 0 radical (unpaired) electrons. The molecular formula is C14H17N7O3S. The highest BCUT2D eigenvalue weighted by molar-refractivity contribution is 7.89. The summed E-state index contributed by atoms with van der Waals surface area (Å²) in [6.07, 6.45) is 5.35. The van der Waals surface area contributed by atoms with Crippen molar-refractivity contribution in [3.63, 3.8) is 0 Å². The van der Waals surface area contributed by atoms with Crippen molar-refractivity contribution in [2.45, 2.75) is 18.7 Å².